The van der Waals surface area contributed by atoms with E-state index in [1.807, 2.05) is 55.5 Å². The smallest absolute Gasteiger partial charge is 0.264 e. The number of rotatable bonds is 5. The molecule has 0 saturated heterocycles. The van der Waals surface area contributed by atoms with Gasteiger partial charge < -0.3 is 14.0 Å². The molecule has 1 heterocycles. The average Bonchev–Trinajstić information content (AvgIpc) is 3.03. The van der Waals surface area contributed by atoms with Crippen molar-refractivity contribution in [3.63, 3.8) is 0 Å². The summed E-state index contributed by atoms with van der Waals surface area (Å²) in [5.41, 5.74) is 1.93. The maximum absolute atomic E-state index is 5.69. The Kier molecular flexibility index (Phi) is 4.05. The van der Waals surface area contributed by atoms with E-state index in [0.717, 1.165) is 22.6 Å². The second-order valence-electron chi connectivity index (χ2n) is 4.79. The maximum atomic E-state index is 5.69. The van der Waals surface area contributed by atoms with Crippen molar-refractivity contribution in [3.8, 4) is 22.9 Å². The van der Waals surface area contributed by atoms with Crippen LogP contribution in [0.15, 0.2) is 53.1 Å². The van der Waals surface area contributed by atoms with Gasteiger partial charge in [0.25, 0.3) is 5.89 Å². The molecule has 3 aromatic rings. The van der Waals surface area contributed by atoms with E-state index < -0.39 is 0 Å². The van der Waals surface area contributed by atoms with Crippen molar-refractivity contribution in [1.29, 1.82) is 0 Å². The summed E-state index contributed by atoms with van der Waals surface area (Å²) in [6, 6.07) is 15.3. The molecule has 0 saturated carbocycles. The Morgan fingerprint density at radius 2 is 1.82 bits per heavy atom. The summed E-state index contributed by atoms with van der Waals surface area (Å²) >= 11 is 0. The molecule has 1 aromatic heterocycles. The van der Waals surface area contributed by atoms with E-state index in [2.05, 4.69) is 10.1 Å². The van der Waals surface area contributed by atoms with Crippen LogP contribution in [0.2, 0.25) is 0 Å². The van der Waals surface area contributed by atoms with Crippen molar-refractivity contribution >= 4 is 0 Å². The number of methoxy groups -OCH3 is 1. The highest BCUT2D eigenvalue weighted by molar-refractivity contribution is 5.55. The summed E-state index contributed by atoms with van der Waals surface area (Å²) in [5.74, 6) is 2.57. The molecular weight excluding hydrogens is 280 g/mol. The first-order chi connectivity index (χ1) is 10.8. The molecule has 22 heavy (non-hydrogen) atoms. The summed E-state index contributed by atoms with van der Waals surface area (Å²) < 4.78 is 16.0. The van der Waals surface area contributed by atoms with Gasteiger partial charge in [-0.1, -0.05) is 23.4 Å². The first-order valence-corrected chi connectivity index (χ1v) is 6.91. The predicted molar refractivity (Wildman–Crippen MR) is 81.8 cm³/mol. The Labute approximate surface area is 128 Å². The van der Waals surface area contributed by atoms with E-state index in [1.165, 1.54) is 0 Å². The molecule has 5 heteroatoms. The van der Waals surface area contributed by atoms with Gasteiger partial charge in [0.05, 0.1) is 7.11 Å². The molecule has 0 aliphatic rings. The molecule has 0 amide bonds. The Balaban J connectivity index is 1.69. The van der Waals surface area contributed by atoms with E-state index in [1.54, 1.807) is 7.11 Å². The summed E-state index contributed by atoms with van der Waals surface area (Å²) in [5, 5.41) is 3.97. The van der Waals surface area contributed by atoms with Crippen LogP contribution in [-0.4, -0.2) is 17.3 Å². The zero-order valence-electron chi connectivity index (χ0n) is 12.4. The summed E-state index contributed by atoms with van der Waals surface area (Å²) in [6.45, 7) is 2.24. The molecule has 0 spiro atoms. The van der Waals surface area contributed by atoms with Gasteiger partial charge in [-0.2, -0.15) is 4.98 Å². The fraction of sp³-hybridized carbons (Fsp3) is 0.176. The molecule has 0 bridgehead atoms. The van der Waals surface area contributed by atoms with Crippen LogP contribution in [0.4, 0.5) is 0 Å². The van der Waals surface area contributed by atoms with Crippen molar-refractivity contribution < 1.29 is 14.0 Å². The highest BCUT2D eigenvalue weighted by atomic mass is 16.5. The number of para-hydroxylation sites is 1. The lowest BCUT2D eigenvalue weighted by Crippen LogP contribution is -1.97. The highest BCUT2D eigenvalue weighted by Gasteiger charge is 2.10. The second-order valence-corrected chi connectivity index (χ2v) is 4.79. The normalized spacial score (nSPS) is 10.5. The number of aryl methyl sites for hydroxylation is 1. The van der Waals surface area contributed by atoms with Crippen molar-refractivity contribution in [2.24, 2.45) is 0 Å². The Morgan fingerprint density at radius 1 is 1.05 bits per heavy atom. The molecule has 112 valence electrons. The largest absolute Gasteiger partial charge is 0.497 e. The van der Waals surface area contributed by atoms with Crippen molar-refractivity contribution in [2.45, 2.75) is 13.5 Å². The van der Waals surface area contributed by atoms with E-state index in [-0.39, 0.29) is 6.61 Å². The Morgan fingerprint density at radius 3 is 2.55 bits per heavy atom. The standard InChI is InChI=1S/C17H16N2O3/c1-12-5-3-4-6-15(12)21-11-16-18-17(19-22-16)13-7-9-14(20-2)10-8-13/h3-10H,11H2,1-2H3. The van der Waals surface area contributed by atoms with Gasteiger partial charge in [0, 0.05) is 5.56 Å². The molecule has 5 nitrogen and oxygen atoms in total. The minimum Gasteiger partial charge on any atom is -0.497 e. The highest BCUT2D eigenvalue weighted by Crippen LogP contribution is 2.21. The van der Waals surface area contributed by atoms with Gasteiger partial charge in [0.15, 0.2) is 6.61 Å². The Bertz CT molecular complexity index is 751. The van der Waals surface area contributed by atoms with E-state index in [9.17, 15) is 0 Å². The number of aromatic nitrogens is 2. The Hall–Kier alpha value is -2.82. The van der Waals surface area contributed by atoms with Crippen LogP contribution < -0.4 is 9.47 Å². The molecular formula is C17H16N2O3. The van der Waals surface area contributed by atoms with Crippen molar-refractivity contribution in [2.75, 3.05) is 7.11 Å². The lowest BCUT2D eigenvalue weighted by molar-refractivity contribution is 0.242. The topological polar surface area (TPSA) is 57.4 Å². The van der Waals surface area contributed by atoms with Crippen LogP contribution in [0.1, 0.15) is 11.5 Å². The fourth-order valence-corrected chi connectivity index (χ4v) is 2.03. The van der Waals surface area contributed by atoms with Gasteiger partial charge in [-0.3, -0.25) is 0 Å². The lowest BCUT2D eigenvalue weighted by atomic mass is 10.2. The maximum Gasteiger partial charge on any atom is 0.264 e. The number of ether oxygens (including phenoxy) is 2. The van der Waals surface area contributed by atoms with Gasteiger partial charge in [0.1, 0.15) is 11.5 Å². The minimum atomic E-state index is 0.244. The van der Waals surface area contributed by atoms with Gasteiger partial charge in [0.2, 0.25) is 5.82 Å². The molecule has 0 fully saturated rings. The molecule has 0 N–H and O–H groups in total. The SMILES string of the molecule is COc1ccc(-c2noc(COc3ccccc3C)n2)cc1. The molecule has 0 aliphatic carbocycles. The number of hydrogen-bond donors (Lipinski definition) is 0. The molecule has 0 unspecified atom stereocenters. The fourth-order valence-electron chi connectivity index (χ4n) is 2.03. The van der Waals surface area contributed by atoms with Crippen LogP contribution >= 0.6 is 0 Å². The van der Waals surface area contributed by atoms with Crippen molar-refractivity contribution in [3.05, 3.63) is 60.0 Å². The summed E-state index contributed by atoms with van der Waals surface area (Å²) in [4.78, 5) is 4.34. The van der Waals surface area contributed by atoms with Crippen LogP contribution in [0.25, 0.3) is 11.4 Å². The zero-order valence-corrected chi connectivity index (χ0v) is 12.4. The molecule has 3 rings (SSSR count). The van der Waals surface area contributed by atoms with Crippen molar-refractivity contribution in [1.82, 2.24) is 10.1 Å². The molecule has 0 aliphatic heterocycles. The lowest BCUT2D eigenvalue weighted by Gasteiger charge is -2.05. The first-order valence-electron chi connectivity index (χ1n) is 6.91. The number of nitrogens with zero attached hydrogens (tertiary/aromatic N) is 2. The van der Waals surface area contributed by atoms with Gasteiger partial charge in [-0.25, -0.2) is 0 Å². The summed E-state index contributed by atoms with van der Waals surface area (Å²) in [7, 11) is 1.63. The monoisotopic (exact) mass is 296 g/mol. The van der Waals surface area contributed by atoms with E-state index in [4.69, 9.17) is 14.0 Å². The quantitative estimate of drug-likeness (QED) is 0.719. The predicted octanol–water partition coefficient (Wildman–Crippen LogP) is 3.63. The van der Waals surface area contributed by atoms with Crippen LogP contribution in [0.3, 0.4) is 0 Å². The van der Waals surface area contributed by atoms with Crippen LogP contribution in [0, 0.1) is 6.92 Å². The third kappa shape index (κ3) is 3.09. The zero-order chi connectivity index (χ0) is 15.4. The third-order valence-electron chi connectivity index (χ3n) is 3.26. The third-order valence-corrected chi connectivity index (χ3v) is 3.26. The van der Waals surface area contributed by atoms with Crippen LogP contribution in [0.5, 0.6) is 11.5 Å². The van der Waals surface area contributed by atoms with Crippen LogP contribution in [-0.2, 0) is 6.61 Å². The number of hydrogen-bond acceptors (Lipinski definition) is 5. The van der Waals surface area contributed by atoms with Gasteiger partial charge >= 0.3 is 0 Å². The molecule has 0 radical (unpaired) electrons. The number of benzene rings is 2. The summed E-state index contributed by atoms with van der Waals surface area (Å²) in [6.07, 6.45) is 0. The first kappa shape index (κ1) is 14.1. The minimum absolute atomic E-state index is 0.244. The second kappa shape index (κ2) is 6.30. The molecule has 0 atom stereocenters. The van der Waals surface area contributed by atoms with E-state index >= 15 is 0 Å². The van der Waals surface area contributed by atoms with Gasteiger partial charge in [-0.05, 0) is 42.8 Å². The average molecular weight is 296 g/mol. The van der Waals surface area contributed by atoms with E-state index in [0.29, 0.717) is 11.7 Å². The molecule has 2 aromatic carbocycles. The van der Waals surface area contributed by atoms with Gasteiger partial charge in [-0.15, -0.1) is 0 Å².